The second kappa shape index (κ2) is 3.15. The smallest absolute Gasteiger partial charge is 0.124 e. The Hall–Kier alpha value is -1.02. The van der Waals surface area contributed by atoms with Crippen LogP contribution in [0, 0.1) is 0 Å². The fourth-order valence-corrected chi connectivity index (χ4v) is 1.56. The van der Waals surface area contributed by atoms with Gasteiger partial charge in [0, 0.05) is 11.6 Å². The Morgan fingerprint density at radius 3 is 3.08 bits per heavy atom. The summed E-state index contributed by atoms with van der Waals surface area (Å²) in [5, 5.41) is 0. The van der Waals surface area contributed by atoms with Gasteiger partial charge in [0.2, 0.25) is 0 Å². The molecule has 2 rings (SSSR count). The number of fused-ring (bicyclic) bond motifs is 1. The monoisotopic (exact) mass is 163 g/mol. The van der Waals surface area contributed by atoms with Crippen molar-refractivity contribution < 1.29 is 4.74 Å². The van der Waals surface area contributed by atoms with Gasteiger partial charge in [-0.05, 0) is 18.9 Å². The molecule has 1 heterocycles. The summed E-state index contributed by atoms with van der Waals surface area (Å²) in [6.45, 7) is 0.796. The minimum absolute atomic E-state index is 0.156. The van der Waals surface area contributed by atoms with Crippen LogP contribution in [0.1, 0.15) is 24.4 Å². The molecule has 1 aromatic carbocycles. The van der Waals surface area contributed by atoms with E-state index in [9.17, 15) is 0 Å². The van der Waals surface area contributed by atoms with Crippen molar-refractivity contribution in [3.63, 3.8) is 0 Å². The van der Waals surface area contributed by atoms with Gasteiger partial charge in [0.1, 0.15) is 5.75 Å². The minimum Gasteiger partial charge on any atom is -0.493 e. The maximum atomic E-state index is 5.97. The Kier molecular flexibility index (Phi) is 2.00. The van der Waals surface area contributed by atoms with E-state index in [0.717, 1.165) is 30.8 Å². The number of para-hydroxylation sites is 1. The van der Waals surface area contributed by atoms with Crippen LogP contribution in [0.15, 0.2) is 24.3 Å². The third-order valence-electron chi connectivity index (χ3n) is 2.24. The zero-order chi connectivity index (χ0) is 8.39. The van der Waals surface area contributed by atoms with Crippen molar-refractivity contribution in [1.82, 2.24) is 0 Å². The fourth-order valence-electron chi connectivity index (χ4n) is 1.56. The lowest BCUT2D eigenvalue weighted by molar-refractivity contribution is 0.316. The van der Waals surface area contributed by atoms with Crippen LogP contribution in [0.25, 0.3) is 0 Å². The van der Waals surface area contributed by atoms with Crippen LogP contribution in [-0.4, -0.2) is 6.61 Å². The van der Waals surface area contributed by atoms with Gasteiger partial charge in [-0.3, -0.25) is 0 Å². The molecule has 12 heavy (non-hydrogen) atoms. The van der Waals surface area contributed by atoms with Gasteiger partial charge in [-0.2, -0.15) is 0 Å². The summed E-state index contributed by atoms with van der Waals surface area (Å²) in [6.07, 6.45) is 2.08. The van der Waals surface area contributed by atoms with E-state index in [1.807, 2.05) is 24.3 Å². The van der Waals surface area contributed by atoms with E-state index in [1.165, 1.54) is 0 Å². The summed E-state index contributed by atoms with van der Waals surface area (Å²) >= 11 is 0. The number of benzene rings is 1. The molecule has 0 fully saturated rings. The molecule has 2 heteroatoms. The lowest BCUT2D eigenvalue weighted by Gasteiger charge is -2.10. The van der Waals surface area contributed by atoms with Gasteiger partial charge >= 0.3 is 0 Å². The third-order valence-corrected chi connectivity index (χ3v) is 2.24. The van der Waals surface area contributed by atoms with E-state index in [1.54, 1.807) is 0 Å². The Morgan fingerprint density at radius 1 is 1.33 bits per heavy atom. The van der Waals surface area contributed by atoms with E-state index in [2.05, 4.69) is 0 Å². The van der Waals surface area contributed by atoms with Gasteiger partial charge in [0.15, 0.2) is 0 Å². The SMILES string of the molecule is NC1CCCOc2ccccc21. The zero-order valence-corrected chi connectivity index (χ0v) is 6.99. The van der Waals surface area contributed by atoms with Gasteiger partial charge in [0.05, 0.1) is 6.61 Å². The minimum atomic E-state index is 0.156. The molecule has 2 nitrogen and oxygen atoms in total. The topological polar surface area (TPSA) is 35.2 Å². The van der Waals surface area contributed by atoms with Crippen molar-refractivity contribution in [3.8, 4) is 5.75 Å². The highest BCUT2D eigenvalue weighted by Crippen LogP contribution is 2.28. The maximum absolute atomic E-state index is 5.97. The molecule has 0 saturated heterocycles. The highest BCUT2D eigenvalue weighted by atomic mass is 16.5. The molecule has 1 aromatic rings. The molecule has 1 aliphatic rings. The highest BCUT2D eigenvalue weighted by molar-refractivity contribution is 5.36. The van der Waals surface area contributed by atoms with E-state index >= 15 is 0 Å². The molecule has 2 N–H and O–H groups in total. The summed E-state index contributed by atoms with van der Waals surface area (Å²) in [5.74, 6) is 0.961. The van der Waals surface area contributed by atoms with E-state index in [-0.39, 0.29) is 6.04 Å². The molecule has 0 aliphatic carbocycles. The summed E-state index contributed by atoms with van der Waals surface area (Å²) < 4.78 is 5.54. The molecule has 1 unspecified atom stereocenters. The van der Waals surface area contributed by atoms with Gasteiger partial charge in [-0.25, -0.2) is 0 Å². The van der Waals surface area contributed by atoms with Crippen LogP contribution < -0.4 is 10.5 Å². The fraction of sp³-hybridized carbons (Fsp3) is 0.400. The first-order valence-electron chi connectivity index (χ1n) is 4.35. The summed E-state index contributed by atoms with van der Waals surface area (Å²) in [5.41, 5.74) is 7.11. The zero-order valence-electron chi connectivity index (χ0n) is 6.99. The van der Waals surface area contributed by atoms with E-state index in [0.29, 0.717) is 0 Å². The molecule has 0 spiro atoms. The third kappa shape index (κ3) is 1.30. The molecule has 1 aliphatic heterocycles. The van der Waals surface area contributed by atoms with Gasteiger partial charge in [0.25, 0.3) is 0 Å². The van der Waals surface area contributed by atoms with Crippen molar-refractivity contribution >= 4 is 0 Å². The van der Waals surface area contributed by atoms with E-state index in [4.69, 9.17) is 10.5 Å². The predicted octanol–water partition coefficient (Wildman–Crippen LogP) is 1.86. The lowest BCUT2D eigenvalue weighted by Crippen LogP contribution is -2.08. The number of hydrogen-bond acceptors (Lipinski definition) is 2. The first-order valence-corrected chi connectivity index (χ1v) is 4.35. The average Bonchev–Trinajstić information content (AvgIpc) is 2.29. The van der Waals surface area contributed by atoms with Crippen molar-refractivity contribution in [2.45, 2.75) is 18.9 Å². The highest BCUT2D eigenvalue weighted by Gasteiger charge is 2.14. The Morgan fingerprint density at radius 2 is 2.17 bits per heavy atom. The molecule has 1 atom stereocenters. The van der Waals surface area contributed by atoms with Crippen LogP contribution in [0.4, 0.5) is 0 Å². The number of rotatable bonds is 0. The van der Waals surface area contributed by atoms with Gasteiger partial charge in [-0.1, -0.05) is 18.2 Å². The number of ether oxygens (including phenoxy) is 1. The van der Waals surface area contributed by atoms with Crippen molar-refractivity contribution in [1.29, 1.82) is 0 Å². The Labute approximate surface area is 72.3 Å². The van der Waals surface area contributed by atoms with Crippen LogP contribution in [0.5, 0.6) is 5.75 Å². The summed E-state index contributed by atoms with van der Waals surface area (Å²) in [6, 6.07) is 8.18. The molecule has 0 aromatic heterocycles. The first kappa shape index (κ1) is 7.62. The first-order chi connectivity index (χ1) is 5.88. The van der Waals surface area contributed by atoms with Gasteiger partial charge in [-0.15, -0.1) is 0 Å². The second-order valence-corrected chi connectivity index (χ2v) is 3.14. The second-order valence-electron chi connectivity index (χ2n) is 3.14. The van der Waals surface area contributed by atoms with Crippen LogP contribution in [0.2, 0.25) is 0 Å². The Balaban J connectivity index is 2.39. The van der Waals surface area contributed by atoms with Gasteiger partial charge < -0.3 is 10.5 Å². The standard InChI is InChI=1S/C10H13NO/c11-9-5-3-7-12-10-6-2-1-4-8(9)10/h1-2,4,6,9H,3,5,7,11H2. The lowest BCUT2D eigenvalue weighted by atomic mass is 10.0. The number of nitrogens with two attached hydrogens (primary N) is 1. The van der Waals surface area contributed by atoms with E-state index < -0.39 is 0 Å². The quantitative estimate of drug-likeness (QED) is 0.633. The van der Waals surface area contributed by atoms with Crippen LogP contribution >= 0.6 is 0 Å². The van der Waals surface area contributed by atoms with Crippen molar-refractivity contribution in [3.05, 3.63) is 29.8 Å². The molecular formula is C10H13NO. The van der Waals surface area contributed by atoms with Crippen molar-refractivity contribution in [2.24, 2.45) is 5.73 Å². The molecule has 0 radical (unpaired) electrons. The molecule has 0 bridgehead atoms. The summed E-state index contributed by atoms with van der Waals surface area (Å²) in [4.78, 5) is 0. The van der Waals surface area contributed by atoms with Crippen LogP contribution in [-0.2, 0) is 0 Å². The average molecular weight is 163 g/mol. The number of hydrogen-bond donors (Lipinski definition) is 1. The van der Waals surface area contributed by atoms with Crippen molar-refractivity contribution in [2.75, 3.05) is 6.61 Å². The molecule has 64 valence electrons. The normalized spacial score (nSPS) is 22.2. The molecule has 0 amide bonds. The molecular weight excluding hydrogens is 150 g/mol. The summed E-state index contributed by atoms with van der Waals surface area (Å²) in [7, 11) is 0. The van der Waals surface area contributed by atoms with Crippen LogP contribution in [0.3, 0.4) is 0 Å². The molecule has 0 saturated carbocycles. The largest absolute Gasteiger partial charge is 0.493 e. The Bertz CT molecular complexity index is 272. The maximum Gasteiger partial charge on any atom is 0.124 e. The predicted molar refractivity (Wildman–Crippen MR) is 48.1 cm³/mol.